The van der Waals surface area contributed by atoms with E-state index in [0.29, 0.717) is 12.5 Å². The number of hydrogen-bond acceptors (Lipinski definition) is 3. The van der Waals surface area contributed by atoms with E-state index in [1.807, 2.05) is 0 Å². The highest BCUT2D eigenvalue weighted by molar-refractivity contribution is 5.75. The molecule has 4 nitrogen and oxygen atoms in total. The third kappa shape index (κ3) is 2.48. The van der Waals surface area contributed by atoms with Crippen LogP contribution < -0.4 is 11.5 Å². The van der Waals surface area contributed by atoms with E-state index >= 15 is 0 Å². The van der Waals surface area contributed by atoms with Crippen molar-refractivity contribution in [3.63, 3.8) is 0 Å². The number of hydrogen-bond donors (Lipinski definition) is 2. The fraction of sp³-hybridized carbons (Fsp3) is 0.857. The molecule has 1 saturated heterocycles. The molecule has 0 aromatic rings. The van der Waals surface area contributed by atoms with Crippen molar-refractivity contribution in [1.29, 1.82) is 0 Å². The van der Waals surface area contributed by atoms with Crippen LogP contribution in [0.1, 0.15) is 6.42 Å². The largest absolute Gasteiger partial charge is 0.369 e. The molecule has 0 aromatic heterocycles. The summed E-state index contributed by atoms with van der Waals surface area (Å²) in [7, 11) is 0. The fourth-order valence-electron chi connectivity index (χ4n) is 1.47. The van der Waals surface area contributed by atoms with Gasteiger partial charge in [0.15, 0.2) is 0 Å². The first-order chi connectivity index (χ1) is 5.22. The predicted molar refractivity (Wildman–Crippen MR) is 42.8 cm³/mol. The van der Waals surface area contributed by atoms with Crippen LogP contribution >= 0.6 is 0 Å². The van der Waals surface area contributed by atoms with Gasteiger partial charge in [-0.05, 0) is 25.4 Å². The first kappa shape index (κ1) is 8.49. The van der Waals surface area contributed by atoms with E-state index in [4.69, 9.17) is 11.5 Å². The van der Waals surface area contributed by atoms with E-state index in [1.165, 1.54) is 0 Å². The number of carbonyl (C=O) groups is 1. The summed E-state index contributed by atoms with van der Waals surface area (Å²) < 4.78 is 0. The Morgan fingerprint density at radius 1 is 1.64 bits per heavy atom. The zero-order chi connectivity index (χ0) is 8.27. The van der Waals surface area contributed by atoms with Gasteiger partial charge in [-0.25, -0.2) is 0 Å². The van der Waals surface area contributed by atoms with Crippen LogP contribution in [-0.2, 0) is 4.79 Å². The molecule has 0 saturated carbocycles. The van der Waals surface area contributed by atoms with Crippen molar-refractivity contribution < 1.29 is 4.79 Å². The van der Waals surface area contributed by atoms with Crippen LogP contribution in [-0.4, -0.2) is 37.0 Å². The van der Waals surface area contributed by atoms with Crippen molar-refractivity contribution in [3.05, 3.63) is 0 Å². The maximum absolute atomic E-state index is 10.5. The Hall–Kier alpha value is -0.610. The number of nitrogens with zero attached hydrogens (tertiary/aromatic N) is 1. The Balaban J connectivity index is 2.24. The average Bonchev–Trinajstić information content (AvgIpc) is 2.34. The number of amides is 1. The van der Waals surface area contributed by atoms with Gasteiger partial charge in [0.25, 0.3) is 0 Å². The summed E-state index contributed by atoms with van der Waals surface area (Å²) in [6.45, 7) is 3.00. The summed E-state index contributed by atoms with van der Waals surface area (Å²) in [6.07, 6.45) is 1.10. The highest BCUT2D eigenvalue weighted by Crippen LogP contribution is 2.13. The van der Waals surface area contributed by atoms with Crippen molar-refractivity contribution in [2.45, 2.75) is 6.42 Å². The molecule has 1 amide bonds. The lowest BCUT2D eigenvalue weighted by Gasteiger charge is -2.12. The van der Waals surface area contributed by atoms with Gasteiger partial charge in [0.05, 0.1) is 6.54 Å². The van der Waals surface area contributed by atoms with Crippen molar-refractivity contribution in [2.24, 2.45) is 17.4 Å². The predicted octanol–water partition coefficient (Wildman–Crippen LogP) is -1.25. The van der Waals surface area contributed by atoms with Crippen molar-refractivity contribution >= 4 is 5.91 Å². The second kappa shape index (κ2) is 3.69. The molecule has 0 aromatic carbocycles. The standard InChI is InChI=1S/C7H15N3O/c8-3-6-1-2-10(4-6)5-7(9)11/h6H,1-5,8H2,(H2,9,11)/t6-/m0/s1. The Morgan fingerprint density at radius 3 is 2.82 bits per heavy atom. The molecule has 1 rings (SSSR count). The molecular weight excluding hydrogens is 142 g/mol. The van der Waals surface area contributed by atoms with Crippen LogP contribution in [0.3, 0.4) is 0 Å². The van der Waals surface area contributed by atoms with E-state index in [2.05, 4.69) is 4.90 Å². The third-order valence-corrected chi connectivity index (χ3v) is 2.08. The number of nitrogens with two attached hydrogens (primary N) is 2. The maximum atomic E-state index is 10.5. The lowest BCUT2D eigenvalue weighted by molar-refractivity contribution is -0.118. The van der Waals surface area contributed by atoms with Gasteiger partial charge in [0.1, 0.15) is 0 Å². The SMILES string of the molecule is NC[C@@H]1CCN(CC(N)=O)C1. The van der Waals surface area contributed by atoms with Gasteiger partial charge in [-0.1, -0.05) is 0 Å². The molecule has 0 bridgehead atoms. The molecule has 1 fully saturated rings. The topological polar surface area (TPSA) is 72.3 Å². The number of rotatable bonds is 3. The van der Waals surface area contributed by atoms with Crippen LogP contribution in [0.15, 0.2) is 0 Å². The third-order valence-electron chi connectivity index (χ3n) is 2.08. The molecule has 1 aliphatic heterocycles. The summed E-state index contributed by atoms with van der Waals surface area (Å²) in [5, 5.41) is 0. The van der Waals surface area contributed by atoms with E-state index in [1.54, 1.807) is 0 Å². The lowest BCUT2D eigenvalue weighted by Crippen LogP contribution is -2.32. The summed E-state index contributed by atoms with van der Waals surface area (Å²) in [6, 6.07) is 0. The van der Waals surface area contributed by atoms with Crippen LogP contribution in [0.25, 0.3) is 0 Å². The zero-order valence-corrected chi connectivity index (χ0v) is 6.62. The molecule has 4 heteroatoms. The molecule has 64 valence electrons. The van der Waals surface area contributed by atoms with Crippen molar-refractivity contribution in [1.82, 2.24) is 4.90 Å². The van der Waals surface area contributed by atoms with Gasteiger partial charge in [-0.2, -0.15) is 0 Å². The molecule has 4 N–H and O–H groups in total. The molecule has 11 heavy (non-hydrogen) atoms. The monoisotopic (exact) mass is 157 g/mol. The lowest BCUT2D eigenvalue weighted by atomic mass is 10.1. The van der Waals surface area contributed by atoms with Gasteiger partial charge in [0.2, 0.25) is 5.91 Å². The number of primary amides is 1. The molecule has 0 radical (unpaired) electrons. The number of likely N-dealkylation sites (tertiary alicyclic amines) is 1. The smallest absolute Gasteiger partial charge is 0.231 e. The zero-order valence-electron chi connectivity index (χ0n) is 6.62. The molecular formula is C7H15N3O. The van der Waals surface area contributed by atoms with Gasteiger partial charge < -0.3 is 11.5 Å². The Kier molecular flexibility index (Phi) is 2.84. The second-order valence-corrected chi connectivity index (χ2v) is 3.09. The van der Waals surface area contributed by atoms with E-state index in [-0.39, 0.29) is 5.91 Å². The number of carbonyl (C=O) groups excluding carboxylic acids is 1. The molecule has 1 atom stereocenters. The first-order valence-corrected chi connectivity index (χ1v) is 3.93. The first-order valence-electron chi connectivity index (χ1n) is 3.93. The minimum absolute atomic E-state index is 0.248. The summed E-state index contributed by atoms with van der Waals surface area (Å²) in [5.74, 6) is 0.317. The van der Waals surface area contributed by atoms with Crippen LogP contribution in [0.4, 0.5) is 0 Å². The van der Waals surface area contributed by atoms with Gasteiger partial charge in [-0.3, -0.25) is 9.69 Å². The van der Waals surface area contributed by atoms with Crippen LogP contribution in [0, 0.1) is 5.92 Å². The van der Waals surface area contributed by atoms with Crippen molar-refractivity contribution in [3.8, 4) is 0 Å². The summed E-state index contributed by atoms with van der Waals surface area (Å²) in [5.41, 5.74) is 10.5. The normalized spacial score (nSPS) is 25.7. The Bertz CT molecular complexity index is 149. The fourth-order valence-corrected chi connectivity index (χ4v) is 1.47. The molecule has 0 spiro atoms. The average molecular weight is 157 g/mol. The second-order valence-electron chi connectivity index (χ2n) is 3.09. The molecule has 0 aliphatic carbocycles. The Morgan fingerprint density at radius 2 is 2.36 bits per heavy atom. The highest BCUT2D eigenvalue weighted by atomic mass is 16.1. The summed E-state index contributed by atoms with van der Waals surface area (Å²) >= 11 is 0. The van der Waals surface area contributed by atoms with Gasteiger partial charge in [-0.15, -0.1) is 0 Å². The van der Waals surface area contributed by atoms with Gasteiger partial charge >= 0.3 is 0 Å². The minimum Gasteiger partial charge on any atom is -0.369 e. The quantitative estimate of drug-likeness (QED) is 0.538. The van der Waals surface area contributed by atoms with Gasteiger partial charge in [0, 0.05) is 6.54 Å². The van der Waals surface area contributed by atoms with Crippen LogP contribution in [0.2, 0.25) is 0 Å². The van der Waals surface area contributed by atoms with E-state index in [9.17, 15) is 4.79 Å². The van der Waals surface area contributed by atoms with Crippen molar-refractivity contribution in [2.75, 3.05) is 26.2 Å². The molecule has 0 unspecified atom stereocenters. The molecule has 1 aliphatic rings. The minimum atomic E-state index is -0.248. The Labute approximate surface area is 66.5 Å². The van der Waals surface area contributed by atoms with E-state index < -0.39 is 0 Å². The summed E-state index contributed by atoms with van der Waals surface area (Å²) in [4.78, 5) is 12.6. The maximum Gasteiger partial charge on any atom is 0.231 e. The molecule has 1 heterocycles. The highest BCUT2D eigenvalue weighted by Gasteiger charge is 2.21. The van der Waals surface area contributed by atoms with E-state index in [0.717, 1.165) is 26.1 Å². The van der Waals surface area contributed by atoms with Crippen LogP contribution in [0.5, 0.6) is 0 Å².